The smallest absolute Gasteiger partial charge is 0.224 e. The maximum Gasteiger partial charge on any atom is 0.224 e. The Bertz CT molecular complexity index is 495. The summed E-state index contributed by atoms with van der Waals surface area (Å²) in [6.45, 7) is 2.08. The zero-order valence-electron chi connectivity index (χ0n) is 8.44. The van der Waals surface area contributed by atoms with Crippen LogP contribution in [0.25, 0.3) is 11.2 Å². The number of rotatable bonds is 2. The van der Waals surface area contributed by atoms with E-state index in [2.05, 4.69) is 26.9 Å². The van der Waals surface area contributed by atoms with Gasteiger partial charge in [0.15, 0.2) is 17.0 Å². The molecule has 0 amide bonds. The van der Waals surface area contributed by atoms with Gasteiger partial charge in [0, 0.05) is 0 Å². The molecule has 0 spiro atoms. The Balaban J connectivity index is 2.60. The van der Waals surface area contributed by atoms with E-state index in [1.165, 1.54) is 0 Å². The molecule has 0 aliphatic heterocycles. The average molecular weight is 204 g/mol. The lowest BCUT2D eigenvalue weighted by atomic mass is 10.2. The molecule has 2 heterocycles. The minimum Gasteiger partial charge on any atom is -0.382 e. The third kappa shape index (κ3) is 1.78. The van der Waals surface area contributed by atoms with E-state index in [1.54, 1.807) is 6.20 Å². The van der Waals surface area contributed by atoms with Crippen LogP contribution in [0.4, 0.5) is 11.8 Å². The Morgan fingerprint density at radius 3 is 2.73 bits per heavy atom. The van der Waals surface area contributed by atoms with Crippen LogP contribution in [0.5, 0.6) is 0 Å². The van der Waals surface area contributed by atoms with Crippen molar-refractivity contribution >= 4 is 22.9 Å². The second-order valence-corrected chi connectivity index (χ2v) is 3.25. The second kappa shape index (κ2) is 3.64. The summed E-state index contributed by atoms with van der Waals surface area (Å²) in [6, 6.07) is 0. The van der Waals surface area contributed by atoms with Crippen molar-refractivity contribution in [3.05, 3.63) is 11.9 Å². The number of hydrogen-bond donors (Lipinski definition) is 2. The molecule has 0 aliphatic carbocycles. The van der Waals surface area contributed by atoms with Gasteiger partial charge in [-0.05, 0) is 6.42 Å². The van der Waals surface area contributed by atoms with Crippen LogP contribution < -0.4 is 11.5 Å². The van der Waals surface area contributed by atoms with E-state index in [1.807, 2.05) is 0 Å². The van der Waals surface area contributed by atoms with Gasteiger partial charge in [0.25, 0.3) is 0 Å². The molecule has 78 valence electrons. The predicted octanol–water partition coefficient (Wildman–Crippen LogP) is 0.537. The summed E-state index contributed by atoms with van der Waals surface area (Å²) in [5, 5.41) is 0. The quantitative estimate of drug-likeness (QED) is 0.739. The van der Waals surface area contributed by atoms with Crippen molar-refractivity contribution in [2.75, 3.05) is 11.5 Å². The van der Waals surface area contributed by atoms with E-state index in [0.29, 0.717) is 11.2 Å². The number of nitrogen functional groups attached to an aromatic ring is 2. The molecule has 6 heteroatoms. The highest BCUT2D eigenvalue weighted by Gasteiger charge is 2.06. The normalized spacial score (nSPS) is 10.7. The highest BCUT2D eigenvalue weighted by atomic mass is 15.1. The molecule has 4 N–H and O–H groups in total. The van der Waals surface area contributed by atoms with Crippen LogP contribution >= 0.6 is 0 Å². The van der Waals surface area contributed by atoms with Crippen LogP contribution in [0.3, 0.4) is 0 Å². The number of aromatic nitrogens is 4. The summed E-state index contributed by atoms with van der Waals surface area (Å²) in [7, 11) is 0. The van der Waals surface area contributed by atoms with Gasteiger partial charge in [-0.2, -0.15) is 9.97 Å². The largest absolute Gasteiger partial charge is 0.382 e. The fourth-order valence-electron chi connectivity index (χ4n) is 1.36. The molecule has 0 saturated carbocycles. The summed E-state index contributed by atoms with van der Waals surface area (Å²) in [4.78, 5) is 16.3. The number of anilines is 2. The monoisotopic (exact) mass is 204 g/mol. The SMILES string of the molecule is CCCc1cnc2nc(N)nc(N)c2n1. The van der Waals surface area contributed by atoms with E-state index in [0.717, 1.165) is 18.5 Å². The van der Waals surface area contributed by atoms with E-state index >= 15 is 0 Å². The summed E-state index contributed by atoms with van der Waals surface area (Å²) in [5.41, 5.74) is 13.0. The Morgan fingerprint density at radius 2 is 2.00 bits per heavy atom. The molecule has 0 radical (unpaired) electrons. The topological polar surface area (TPSA) is 104 Å². The van der Waals surface area contributed by atoms with Gasteiger partial charge < -0.3 is 11.5 Å². The fraction of sp³-hybridized carbons (Fsp3) is 0.333. The van der Waals surface area contributed by atoms with Gasteiger partial charge in [0.2, 0.25) is 5.95 Å². The number of nitrogens with two attached hydrogens (primary N) is 2. The number of nitrogens with zero attached hydrogens (tertiary/aromatic N) is 4. The highest BCUT2D eigenvalue weighted by Crippen LogP contribution is 2.14. The molecular weight excluding hydrogens is 192 g/mol. The van der Waals surface area contributed by atoms with Crippen molar-refractivity contribution in [3.63, 3.8) is 0 Å². The lowest BCUT2D eigenvalue weighted by molar-refractivity contribution is 0.879. The van der Waals surface area contributed by atoms with Crippen LogP contribution in [0.1, 0.15) is 19.0 Å². The molecular formula is C9H12N6. The summed E-state index contributed by atoms with van der Waals surface area (Å²) >= 11 is 0. The minimum absolute atomic E-state index is 0.123. The zero-order chi connectivity index (χ0) is 10.8. The van der Waals surface area contributed by atoms with Crippen molar-refractivity contribution in [2.45, 2.75) is 19.8 Å². The molecule has 0 fully saturated rings. The van der Waals surface area contributed by atoms with Gasteiger partial charge in [-0.25, -0.2) is 9.97 Å². The molecule has 2 rings (SSSR count). The van der Waals surface area contributed by atoms with Crippen LogP contribution in [-0.4, -0.2) is 19.9 Å². The number of hydrogen-bond acceptors (Lipinski definition) is 6. The molecule has 2 aromatic heterocycles. The van der Waals surface area contributed by atoms with Crippen molar-refractivity contribution in [3.8, 4) is 0 Å². The fourth-order valence-corrected chi connectivity index (χ4v) is 1.36. The van der Waals surface area contributed by atoms with Gasteiger partial charge in [-0.15, -0.1) is 0 Å². The minimum atomic E-state index is 0.123. The number of aryl methyl sites for hydroxylation is 1. The maximum absolute atomic E-state index is 5.69. The van der Waals surface area contributed by atoms with Gasteiger partial charge in [0.1, 0.15) is 0 Å². The van der Waals surface area contributed by atoms with E-state index in [9.17, 15) is 0 Å². The maximum atomic E-state index is 5.69. The lowest BCUT2D eigenvalue weighted by Gasteiger charge is -2.02. The van der Waals surface area contributed by atoms with E-state index in [-0.39, 0.29) is 11.8 Å². The summed E-state index contributed by atoms with van der Waals surface area (Å²) < 4.78 is 0. The third-order valence-corrected chi connectivity index (χ3v) is 2.01. The van der Waals surface area contributed by atoms with E-state index < -0.39 is 0 Å². The van der Waals surface area contributed by atoms with Gasteiger partial charge in [-0.1, -0.05) is 13.3 Å². The molecule has 15 heavy (non-hydrogen) atoms. The standard InChI is InChI=1S/C9H12N6/c1-2-3-5-4-12-8-6(13-5)7(10)14-9(11)15-8/h4H,2-3H2,1H3,(H4,10,11,12,14,15). The molecule has 0 unspecified atom stereocenters. The van der Waals surface area contributed by atoms with Crippen molar-refractivity contribution in [2.24, 2.45) is 0 Å². The second-order valence-electron chi connectivity index (χ2n) is 3.25. The molecule has 0 saturated heterocycles. The third-order valence-electron chi connectivity index (χ3n) is 2.01. The highest BCUT2D eigenvalue weighted by molar-refractivity contribution is 5.81. The molecule has 0 aliphatic rings. The first-order chi connectivity index (χ1) is 7.20. The molecule has 0 bridgehead atoms. The Hall–Kier alpha value is -1.98. The first kappa shape index (κ1) is 9.57. The molecule has 2 aromatic rings. The first-order valence-corrected chi connectivity index (χ1v) is 4.75. The van der Waals surface area contributed by atoms with Gasteiger partial charge >= 0.3 is 0 Å². The van der Waals surface area contributed by atoms with Crippen LogP contribution in [0, 0.1) is 0 Å². The van der Waals surface area contributed by atoms with Crippen molar-refractivity contribution in [1.29, 1.82) is 0 Å². The summed E-state index contributed by atoms with van der Waals surface area (Å²) in [5.74, 6) is 0.403. The Kier molecular flexibility index (Phi) is 2.32. The Morgan fingerprint density at radius 1 is 1.20 bits per heavy atom. The Labute approximate surface area is 86.8 Å². The number of fused-ring (bicyclic) bond motifs is 1. The first-order valence-electron chi connectivity index (χ1n) is 4.75. The van der Waals surface area contributed by atoms with Crippen LogP contribution in [-0.2, 0) is 6.42 Å². The lowest BCUT2D eigenvalue weighted by Crippen LogP contribution is -2.04. The van der Waals surface area contributed by atoms with Gasteiger partial charge in [0.05, 0.1) is 11.9 Å². The average Bonchev–Trinajstić information content (AvgIpc) is 2.19. The van der Waals surface area contributed by atoms with Crippen molar-refractivity contribution < 1.29 is 0 Å². The molecule has 6 nitrogen and oxygen atoms in total. The van der Waals surface area contributed by atoms with Crippen molar-refractivity contribution in [1.82, 2.24) is 19.9 Å². The van der Waals surface area contributed by atoms with E-state index in [4.69, 9.17) is 11.5 Å². The zero-order valence-corrected chi connectivity index (χ0v) is 8.44. The van der Waals surface area contributed by atoms with Gasteiger partial charge in [-0.3, -0.25) is 0 Å². The summed E-state index contributed by atoms with van der Waals surface area (Å²) in [6.07, 6.45) is 3.57. The molecule has 0 aromatic carbocycles. The molecule has 0 atom stereocenters. The predicted molar refractivity (Wildman–Crippen MR) is 57.9 cm³/mol. The van der Waals surface area contributed by atoms with Crippen LogP contribution in [0.2, 0.25) is 0 Å². The van der Waals surface area contributed by atoms with Crippen LogP contribution in [0.15, 0.2) is 6.20 Å².